The second kappa shape index (κ2) is 8.24. The predicted octanol–water partition coefficient (Wildman–Crippen LogP) is 2.99. The Labute approximate surface area is 143 Å². The summed E-state index contributed by atoms with van der Waals surface area (Å²) in [4.78, 5) is 14.6. The minimum absolute atomic E-state index is 0.153. The van der Waals surface area contributed by atoms with Gasteiger partial charge in [0.25, 0.3) is 0 Å². The van der Waals surface area contributed by atoms with E-state index in [4.69, 9.17) is 9.47 Å². The topological polar surface area (TPSA) is 62.8 Å². The first-order valence-electron chi connectivity index (χ1n) is 8.84. The monoisotopic (exact) mass is 333 g/mol. The molecule has 0 bridgehead atoms. The molecule has 24 heavy (non-hydrogen) atoms. The molecule has 0 aromatic heterocycles. The summed E-state index contributed by atoms with van der Waals surface area (Å²) in [5, 5.41) is 6.03. The third kappa shape index (κ3) is 4.32. The number of amides is 2. The van der Waals surface area contributed by atoms with Crippen LogP contribution >= 0.6 is 0 Å². The number of hydrogen-bond donors (Lipinski definition) is 2. The van der Waals surface area contributed by atoms with Gasteiger partial charge in [-0.3, -0.25) is 0 Å². The second-order valence-corrected chi connectivity index (χ2v) is 6.42. The maximum Gasteiger partial charge on any atom is 0.319 e. The van der Waals surface area contributed by atoms with Crippen molar-refractivity contribution in [3.8, 4) is 5.75 Å². The standard InChI is InChI=1S/C18H27N3O3/c1-23-17-8-7-15(21-9-11-24-12-10-21)13-16(17)20-18(22)19-14-5-3-2-4-6-14/h7-8,13-14H,2-6,9-12H2,1H3,(H2,19,20,22). The Kier molecular flexibility index (Phi) is 5.80. The Balaban J connectivity index is 1.66. The lowest BCUT2D eigenvalue weighted by molar-refractivity contribution is 0.122. The van der Waals surface area contributed by atoms with Crippen molar-refractivity contribution in [1.82, 2.24) is 5.32 Å². The fourth-order valence-corrected chi connectivity index (χ4v) is 3.40. The molecule has 2 fully saturated rings. The van der Waals surface area contributed by atoms with Gasteiger partial charge in [0.2, 0.25) is 0 Å². The van der Waals surface area contributed by atoms with E-state index in [1.165, 1.54) is 19.3 Å². The number of ether oxygens (including phenoxy) is 2. The number of hydrogen-bond acceptors (Lipinski definition) is 4. The number of benzene rings is 1. The maximum atomic E-state index is 12.3. The Morgan fingerprint density at radius 1 is 1.21 bits per heavy atom. The van der Waals surface area contributed by atoms with Crippen LogP contribution in [0.3, 0.4) is 0 Å². The largest absolute Gasteiger partial charge is 0.495 e. The van der Waals surface area contributed by atoms with Gasteiger partial charge in [0, 0.05) is 24.8 Å². The van der Waals surface area contributed by atoms with Gasteiger partial charge in [-0.2, -0.15) is 0 Å². The van der Waals surface area contributed by atoms with Crippen LogP contribution in [0.25, 0.3) is 0 Å². The van der Waals surface area contributed by atoms with Gasteiger partial charge in [0.1, 0.15) is 5.75 Å². The predicted molar refractivity (Wildman–Crippen MR) is 95.1 cm³/mol. The van der Waals surface area contributed by atoms with Crippen molar-refractivity contribution in [1.29, 1.82) is 0 Å². The quantitative estimate of drug-likeness (QED) is 0.889. The molecule has 132 valence electrons. The van der Waals surface area contributed by atoms with Crippen molar-refractivity contribution in [3.63, 3.8) is 0 Å². The highest BCUT2D eigenvalue weighted by Gasteiger charge is 2.18. The van der Waals surface area contributed by atoms with Gasteiger partial charge in [-0.25, -0.2) is 4.79 Å². The van der Waals surface area contributed by atoms with E-state index in [2.05, 4.69) is 15.5 Å². The highest BCUT2D eigenvalue weighted by atomic mass is 16.5. The van der Waals surface area contributed by atoms with E-state index in [0.29, 0.717) is 11.4 Å². The van der Waals surface area contributed by atoms with Crippen LogP contribution in [0.1, 0.15) is 32.1 Å². The highest BCUT2D eigenvalue weighted by molar-refractivity contribution is 5.92. The third-order valence-corrected chi connectivity index (χ3v) is 4.75. The molecule has 2 N–H and O–H groups in total. The third-order valence-electron chi connectivity index (χ3n) is 4.75. The van der Waals surface area contributed by atoms with Crippen molar-refractivity contribution in [3.05, 3.63) is 18.2 Å². The van der Waals surface area contributed by atoms with E-state index >= 15 is 0 Å². The first-order chi connectivity index (χ1) is 11.8. The Hall–Kier alpha value is -1.95. The number of nitrogens with one attached hydrogen (secondary N) is 2. The highest BCUT2D eigenvalue weighted by Crippen LogP contribution is 2.30. The molecule has 1 saturated carbocycles. The van der Waals surface area contributed by atoms with E-state index in [-0.39, 0.29) is 12.1 Å². The van der Waals surface area contributed by atoms with Gasteiger partial charge in [-0.1, -0.05) is 19.3 Å². The molecule has 1 aliphatic carbocycles. The summed E-state index contributed by atoms with van der Waals surface area (Å²) in [5.74, 6) is 0.672. The summed E-state index contributed by atoms with van der Waals surface area (Å²) in [5.41, 5.74) is 1.78. The number of nitrogens with zero attached hydrogens (tertiary/aromatic N) is 1. The fraction of sp³-hybridized carbons (Fsp3) is 0.611. The average molecular weight is 333 g/mol. The molecule has 2 aliphatic rings. The van der Waals surface area contributed by atoms with Crippen LogP contribution in [-0.4, -0.2) is 45.5 Å². The van der Waals surface area contributed by atoms with E-state index in [9.17, 15) is 4.79 Å². The minimum atomic E-state index is -0.153. The molecule has 1 aromatic carbocycles. The average Bonchev–Trinajstić information content (AvgIpc) is 2.63. The van der Waals surface area contributed by atoms with Gasteiger partial charge < -0.3 is 25.0 Å². The minimum Gasteiger partial charge on any atom is -0.495 e. The second-order valence-electron chi connectivity index (χ2n) is 6.42. The number of carbonyl (C=O) groups excluding carboxylic acids is 1. The molecule has 3 rings (SSSR count). The fourth-order valence-electron chi connectivity index (χ4n) is 3.40. The summed E-state index contributed by atoms with van der Waals surface area (Å²) in [7, 11) is 1.62. The lowest BCUT2D eigenvalue weighted by atomic mass is 9.96. The summed E-state index contributed by atoms with van der Waals surface area (Å²) >= 11 is 0. The van der Waals surface area contributed by atoms with E-state index < -0.39 is 0 Å². The lowest BCUT2D eigenvalue weighted by Gasteiger charge is -2.29. The molecule has 1 aromatic rings. The summed E-state index contributed by atoms with van der Waals surface area (Å²) in [6, 6.07) is 6.03. The zero-order chi connectivity index (χ0) is 16.8. The normalized spacial score (nSPS) is 19.0. The van der Waals surface area contributed by atoms with Crippen molar-refractivity contribution in [2.24, 2.45) is 0 Å². The van der Waals surface area contributed by atoms with Crippen molar-refractivity contribution < 1.29 is 14.3 Å². The Bertz CT molecular complexity index is 552. The van der Waals surface area contributed by atoms with Crippen LogP contribution in [0.5, 0.6) is 5.75 Å². The number of anilines is 2. The van der Waals surface area contributed by atoms with Crippen LogP contribution in [0.4, 0.5) is 16.2 Å². The molecule has 0 atom stereocenters. The SMILES string of the molecule is COc1ccc(N2CCOCC2)cc1NC(=O)NC1CCCCC1. The van der Waals surface area contributed by atoms with E-state index in [1.807, 2.05) is 18.2 Å². The molecule has 6 nitrogen and oxygen atoms in total. The maximum absolute atomic E-state index is 12.3. The molecule has 0 unspecified atom stereocenters. The molecule has 0 spiro atoms. The van der Waals surface area contributed by atoms with Crippen molar-refractivity contribution in [2.75, 3.05) is 43.6 Å². The van der Waals surface area contributed by atoms with Crippen LogP contribution in [0, 0.1) is 0 Å². The molecule has 1 saturated heterocycles. The van der Waals surface area contributed by atoms with Crippen molar-refractivity contribution in [2.45, 2.75) is 38.1 Å². The number of urea groups is 1. The first-order valence-corrected chi connectivity index (χ1v) is 8.84. The smallest absolute Gasteiger partial charge is 0.319 e. The number of methoxy groups -OCH3 is 1. The van der Waals surface area contributed by atoms with Gasteiger partial charge in [0.15, 0.2) is 0 Å². The van der Waals surface area contributed by atoms with Gasteiger partial charge in [-0.15, -0.1) is 0 Å². The van der Waals surface area contributed by atoms with E-state index in [1.54, 1.807) is 7.11 Å². The molecule has 6 heteroatoms. The van der Waals surface area contributed by atoms with Gasteiger partial charge in [-0.05, 0) is 31.0 Å². The summed E-state index contributed by atoms with van der Waals surface area (Å²) < 4.78 is 10.8. The molecule has 1 aliphatic heterocycles. The van der Waals surface area contributed by atoms with Gasteiger partial charge >= 0.3 is 6.03 Å². The first kappa shape index (κ1) is 16.9. The van der Waals surface area contributed by atoms with Crippen LogP contribution in [0.2, 0.25) is 0 Å². The summed E-state index contributed by atoms with van der Waals surface area (Å²) in [6.45, 7) is 3.19. The lowest BCUT2D eigenvalue weighted by Crippen LogP contribution is -2.39. The molecule has 1 heterocycles. The summed E-state index contributed by atoms with van der Waals surface area (Å²) in [6.07, 6.45) is 5.80. The number of carbonyl (C=O) groups is 1. The van der Waals surface area contributed by atoms with Crippen molar-refractivity contribution >= 4 is 17.4 Å². The Morgan fingerprint density at radius 2 is 1.96 bits per heavy atom. The van der Waals surface area contributed by atoms with Crippen LogP contribution in [-0.2, 0) is 4.74 Å². The Morgan fingerprint density at radius 3 is 2.67 bits per heavy atom. The molecular formula is C18H27N3O3. The number of morpholine rings is 1. The number of rotatable bonds is 4. The molecule has 2 amide bonds. The van der Waals surface area contributed by atoms with Crippen LogP contribution < -0.4 is 20.3 Å². The molecule has 0 radical (unpaired) electrons. The van der Waals surface area contributed by atoms with Gasteiger partial charge in [0.05, 0.1) is 26.0 Å². The van der Waals surface area contributed by atoms with Crippen LogP contribution in [0.15, 0.2) is 18.2 Å². The van der Waals surface area contributed by atoms with E-state index in [0.717, 1.165) is 44.8 Å². The molecular weight excluding hydrogens is 306 g/mol. The zero-order valence-electron chi connectivity index (χ0n) is 14.3. The zero-order valence-corrected chi connectivity index (χ0v) is 14.3.